The highest BCUT2D eigenvalue weighted by atomic mass is 32.1. The highest BCUT2D eigenvalue weighted by Crippen LogP contribution is 2.34. The highest BCUT2D eigenvalue weighted by Gasteiger charge is 2.16. The minimum Gasteiger partial charge on any atom is -0.492 e. The van der Waals surface area contributed by atoms with E-state index in [-0.39, 0.29) is 5.91 Å². The van der Waals surface area contributed by atoms with E-state index in [2.05, 4.69) is 10.4 Å². The first-order valence-corrected chi connectivity index (χ1v) is 10.2. The lowest BCUT2D eigenvalue weighted by molar-refractivity contribution is 0.0947. The average molecular weight is 407 g/mol. The molecule has 2 aromatic carbocycles. The fraction of sp³-hybridized carbons (Fsp3) is 0.227. The van der Waals surface area contributed by atoms with Gasteiger partial charge in [0.05, 0.1) is 28.0 Å². The van der Waals surface area contributed by atoms with Crippen LogP contribution in [0.5, 0.6) is 5.75 Å². The van der Waals surface area contributed by atoms with Crippen LogP contribution in [0, 0.1) is 13.8 Å². The number of carbonyl (C=O) groups excluding carboxylic acids is 1. The number of aromatic nitrogens is 3. The van der Waals surface area contributed by atoms with Gasteiger partial charge in [0.2, 0.25) is 0 Å². The second kappa shape index (κ2) is 8.05. The van der Waals surface area contributed by atoms with Crippen molar-refractivity contribution >= 4 is 27.5 Å². The number of aryl methyl sites for hydroxylation is 2. The smallest absolute Gasteiger partial charge is 0.251 e. The van der Waals surface area contributed by atoms with Crippen molar-refractivity contribution in [1.29, 1.82) is 0 Å². The minimum atomic E-state index is -0.118. The number of benzene rings is 2. The van der Waals surface area contributed by atoms with Crippen molar-refractivity contribution < 1.29 is 9.53 Å². The van der Waals surface area contributed by atoms with Crippen molar-refractivity contribution in [2.24, 2.45) is 7.05 Å². The quantitative estimate of drug-likeness (QED) is 0.489. The number of thiazole rings is 1. The molecule has 1 amide bonds. The van der Waals surface area contributed by atoms with E-state index < -0.39 is 0 Å². The lowest BCUT2D eigenvalue weighted by Crippen LogP contribution is -2.28. The van der Waals surface area contributed by atoms with Gasteiger partial charge in [0.25, 0.3) is 5.91 Å². The van der Waals surface area contributed by atoms with Crippen molar-refractivity contribution in [3.63, 3.8) is 0 Å². The summed E-state index contributed by atoms with van der Waals surface area (Å²) in [4.78, 5) is 17.2. The number of ether oxygens (including phenoxy) is 1. The number of rotatable bonds is 6. The Morgan fingerprint density at radius 3 is 2.69 bits per heavy atom. The van der Waals surface area contributed by atoms with Crippen LogP contribution >= 0.6 is 11.3 Å². The molecule has 0 bridgehead atoms. The summed E-state index contributed by atoms with van der Waals surface area (Å²) in [7, 11) is 1.93. The van der Waals surface area contributed by atoms with Gasteiger partial charge >= 0.3 is 0 Å². The summed E-state index contributed by atoms with van der Waals surface area (Å²) in [6, 6.07) is 15.2. The van der Waals surface area contributed by atoms with Crippen molar-refractivity contribution in [3.05, 3.63) is 65.5 Å². The van der Waals surface area contributed by atoms with Crippen molar-refractivity contribution in [1.82, 2.24) is 20.1 Å². The van der Waals surface area contributed by atoms with Crippen molar-refractivity contribution in [2.75, 3.05) is 13.2 Å². The summed E-state index contributed by atoms with van der Waals surface area (Å²) in [5, 5.41) is 8.30. The van der Waals surface area contributed by atoms with E-state index in [1.807, 2.05) is 74.1 Å². The molecule has 2 heterocycles. The van der Waals surface area contributed by atoms with E-state index in [0.717, 1.165) is 37.9 Å². The lowest BCUT2D eigenvalue weighted by Gasteiger charge is -2.07. The molecule has 0 atom stereocenters. The molecule has 29 heavy (non-hydrogen) atoms. The van der Waals surface area contributed by atoms with Crippen molar-refractivity contribution in [2.45, 2.75) is 13.8 Å². The van der Waals surface area contributed by atoms with Crippen LogP contribution < -0.4 is 10.1 Å². The number of fused-ring (bicyclic) bond motifs is 1. The molecule has 4 aromatic rings. The largest absolute Gasteiger partial charge is 0.492 e. The Kier molecular flexibility index (Phi) is 5.31. The first kappa shape index (κ1) is 19.1. The van der Waals surface area contributed by atoms with Crippen LogP contribution in [0.25, 0.3) is 20.8 Å². The molecule has 6 nitrogen and oxygen atoms in total. The summed E-state index contributed by atoms with van der Waals surface area (Å²) in [6.07, 6.45) is 0. The molecule has 0 aliphatic carbocycles. The van der Waals surface area contributed by atoms with E-state index in [0.29, 0.717) is 18.7 Å². The molecule has 0 saturated carbocycles. The normalized spacial score (nSPS) is 11.0. The Labute approximate surface area is 173 Å². The van der Waals surface area contributed by atoms with E-state index in [9.17, 15) is 4.79 Å². The van der Waals surface area contributed by atoms with Crippen LogP contribution in [0.2, 0.25) is 0 Å². The van der Waals surface area contributed by atoms with Crippen molar-refractivity contribution in [3.8, 4) is 16.3 Å². The minimum absolute atomic E-state index is 0.118. The van der Waals surface area contributed by atoms with Gasteiger partial charge in [-0.1, -0.05) is 18.2 Å². The summed E-state index contributed by atoms with van der Waals surface area (Å²) in [5.41, 5.74) is 4.61. The fourth-order valence-corrected chi connectivity index (χ4v) is 4.36. The number of carbonyl (C=O) groups is 1. The summed E-state index contributed by atoms with van der Waals surface area (Å²) >= 11 is 1.58. The first-order chi connectivity index (χ1) is 14.0. The number of amides is 1. The number of para-hydroxylation sites is 1. The molecule has 4 rings (SSSR count). The average Bonchev–Trinajstić information content (AvgIpc) is 3.24. The monoisotopic (exact) mass is 406 g/mol. The Bertz CT molecular complexity index is 1160. The summed E-state index contributed by atoms with van der Waals surface area (Å²) in [5.74, 6) is 0.675. The molecule has 148 valence electrons. The van der Waals surface area contributed by atoms with E-state index >= 15 is 0 Å². The third-order valence-electron chi connectivity index (χ3n) is 4.77. The Balaban J connectivity index is 1.45. The molecule has 1 N–H and O–H groups in total. The van der Waals surface area contributed by atoms with Gasteiger partial charge in [0.15, 0.2) is 0 Å². The second-order valence-electron chi connectivity index (χ2n) is 6.79. The summed E-state index contributed by atoms with van der Waals surface area (Å²) < 4.78 is 8.46. The topological polar surface area (TPSA) is 69.0 Å². The third kappa shape index (κ3) is 4.00. The molecule has 0 fully saturated rings. The maximum atomic E-state index is 12.5. The third-order valence-corrected chi connectivity index (χ3v) is 5.81. The molecule has 0 unspecified atom stereocenters. The van der Waals surface area contributed by atoms with Gasteiger partial charge in [0.1, 0.15) is 17.4 Å². The Hall–Kier alpha value is -3.19. The van der Waals surface area contributed by atoms with E-state index in [1.54, 1.807) is 11.3 Å². The molecular weight excluding hydrogens is 384 g/mol. The zero-order valence-electron chi connectivity index (χ0n) is 16.6. The molecule has 0 spiro atoms. The van der Waals surface area contributed by atoms with Crippen LogP contribution in [0.4, 0.5) is 0 Å². The van der Waals surface area contributed by atoms with E-state index in [1.165, 1.54) is 0 Å². The fourth-order valence-electron chi connectivity index (χ4n) is 3.21. The van der Waals surface area contributed by atoms with Gasteiger partial charge in [0, 0.05) is 18.3 Å². The number of nitrogens with one attached hydrogen (secondary N) is 1. The predicted octanol–water partition coefficient (Wildman–Crippen LogP) is 4.12. The molecule has 0 saturated heterocycles. The van der Waals surface area contributed by atoms with Crippen LogP contribution in [0.15, 0.2) is 48.5 Å². The van der Waals surface area contributed by atoms with Gasteiger partial charge in [-0.15, -0.1) is 11.3 Å². The maximum Gasteiger partial charge on any atom is 0.251 e. The first-order valence-electron chi connectivity index (χ1n) is 9.40. The summed E-state index contributed by atoms with van der Waals surface area (Å²) in [6.45, 7) is 4.89. The zero-order chi connectivity index (χ0) is 20.4. The van der Waals surface area contributed by atoms with E-state index in [4.69, 9.17) is 9.72 Å². The maximum absolute atomic E-state index is 12.5. The van der Waals surface area contributed by atoms with Gasteiger partial charge in [-0.2, -0.15) is 5.10 Å². The SMILES string of the molecule is Cc1nn(C)c(C)c1-c1nc2ccc(C(=O)NCCOc3ccccc3)cc2s1. The molecule has 0 aliphatic rings. The number of nitrogens with zero attached hydrogens (tertiary/aromatic N) is 3. The van der Waals surface area contributed by atoms with Crippen LogP contribution in [-0.4, -0.2) is 33.8 Å². The molecule has 0 aliphatic heterocycles. The van der Waals surface area contributed by atoms with Crippen LogP contribution in [-0.2, 0) is 7.05 Å². The lowest BCUT2D eigenvalue weighted by atomic mass is 10.2. The van der Waals surface area contributed by atoms with Gasteiger partial charge in [-0.25, -0.2) is 4.98 Å². The highest BCUT2D eigenvalue weighted by molar-refractivity contribution is 7.21. The van der Waals surface area contributed by atoms with Gasteiger partial charge in [-0.3, -0.25) is 9.48 Å². The standard InChI is InChI=1S/C22H22N4O2S/c1-14-20(15(2)26(3)25-14)22-24-18-10-9-16(13-19(18)29-22)21(27)23-11-12-28-17-7-5-4-6-8-17/h4-10,13H,11-12H2,1-3H3,(H,23,27). The Morgan fingerprint density at radius 1 is 1.17 bits per heavy atom. The van der Waals surface area contributed by atoms with Crippen LogP contribution in [0.1, 0.15) is 21.7 Å². The van der Waals surface area contributed by atoms with Gasteiger partial charge < -0.3 is 10.1 Å². The molecule has 2 aromatic heterocycles. The molecule has 0 radical (unpaired) electrons. The second-order valence-corrected chi connectivity index (χ2v) is 7.82. The molecular formula is C22H22N4O2S. The number of hydrogen-bond acceptors (Lipinski definition) is 5. The van der Waals surface area contributed by atoms with Gasteiger partial charge in [-0.05, 0) is 44.2 Å². The molecule has 7 heteroatoms. The number of hydrogen-bond donors (Lipinski definition) is 1. The predicted molar refractivity (Wildman–Crippen MR) is 116 cm³/mol. The zero-order valence-corrected chi connectivity index (χ0v) is 17.4. The Morgan fingerprint density at radius 2 is 1.97 bits per heavy atom. The van der Waals surface area contributed by atoms with Crippen LogP contribution in [0.3, 0.4) is 0 Å².